The number of para-hydroxylation sites is 1. The fourth-order valence-electron chi connectivity index (χ4n) is 1.37. The molecule has 1 aromatic carbocycles. The van der Waals surface area contributed by atoms with Gasteiger partial charge in [-0.1, -0.05) is 12.1 Å². The van der Waals surface area contributed by atoms with Crippen molar-refractivity contribution in [1.29, 1.82) is 0 Å². The van der Waals surface area contributed by atoms with E-state index in [1.54, 1.807) is 6.07 Å². The van der Waals surface area contributed by atoms with E-state index in [0.717, 1.165) is 11.3 Å². The molecule has 5 heteroatoms. The van der Waals surface area contributed by atoms with Gasteiger partial charge in [-0.25, -0.2) is 0 Å². The van der Waals surface area contributed by atoms with Crippen LogP contribution in [0.4, 0.5) is 11.4 Å². The van der Waals surface area contributed by atoms with Crippen molar-refractivity contribution in [2.24, 2.45) is 0 Å². The van der Waals surface area contributed by atoms with Gasteiger partial charge in [-0.2, -0.15) is 11.8 Å². The van der Waals surface area contributed by atoms with Gasteiger partial charge in [-0.05, 0) is 30.7 Å². The van der Waals surface area contributed by atoms with E-state index in [4.69, 9.17) is 10.8 Å². The molecule has 0 aliphatic rings. The Morgan fingerprint density at radius 1 is 1.53 bits per heavy atom. The summed E-state index contributed by atoms with van der Waals surface area (Å²) in [5, 5.41) is 11.4. The van der Waals surface area contributed by atoms with Crippen LogP contribution in [0.15, 0.2) is 18.2 Å². The molecule has 1 amide bonds. The summed E-state index contributed by atoms with van der Waals surface area (Å²) >= 11 is 1.50. The van der Waals surface area contributed by atoms with Crippen molar-refractivity contribution in [2.75, 3.05) is 29.2 Å². The molecule has 0 radical (unpaired) electrons. The Kier molecular flexibility index (Phi) is 5.86. The third-order valence-corrected chi connectivity index (χ3v) is 3.29. The Morgan fingerprint density at radius 2 is 2.29 bits per heavy atom. The minimum atomic E-state index is -0.0612. The number of nitrogens with two attached hydrogens (primary N) is 1. The van der Waals surface area contributed by atoms with Crippen LogP contribution in [0.5, 0.6) is 0 Å². The summed E-state index contributed by atoms with van der Waals surface area (Å²) in [6.07, 6.45) is 0.713. The first-order valence-electron chi connectivity index (χ1n) is 5.48. The Balaban J connectivity index is 2.45. The van der Waals surface area contributed by atoms with Crippen molar-refractivity contribution in [2.45, 2.75) is 13.3 Å². The molecule has 4 nitrogen and oxygen atoms in total. The zero-order valence-electron chi connectivity index (χ0n) is 9.90. The molecular weight excluding hydrogens is 236 g/mol. The van der Waals surface area contributed by atoms with Crippen LogP contribution in [0.25, 0.3) is 0 Å². The first-order chi connectivity index (χ1) is 8.15. The van der Waals surface area contributed by atoms with E-state index in [0.29, 0.717) is 23.5 Å². The number of nitrogens with one attached hydrogen (secondary N) is 1. The third kappa shape index (κ3) is 4.66. The summed E-state index contributed by atoms with van der Waals surface area (Å²) in [6, 6.07) is 5.53. The van der Waals surface area contributed by atoms with Crippen molar-refractivity contribution >= 4 is 29.0 Å². The standard InChI is InChI=1S/C12H18N2O2S/c1-9-4-2-5-10(13)12(9)14-11(16)8-17-7-3-6-15/h2,4-5,15H,3,6-8,13H2,1H3,(H,14,16). The molecule has 0 saturated carbocycles. The lowest BCUT2D eigenvalue weighted by molar-refractivity contribution is -0.113. The molecule has 0 saturated heterocycles. The molecule has 0 atom stereocenters. The highest BCUT2D eigenvalue weighted by Gasteiger charge is 2.07. The van der Waals surface area contributed by atoms with Crippen molar-refractivity contribution in [3.63, 3.8) is 0 Å². The van der Waals surface area contributed by atoms with Crippen molar-refractivity contribution < 1.29 is 9.90 Å². The molecule has 94 valence electrons. The van der Waals surface area contributed by atoms with Crippen molar-refractivity contribution in [3.05, 3.63) is 23.8 Å². The lowest BCUT2D eigenvalue weighted by Gasteiger charge is -2.10. The zero-order valence-corrected chi connectivity index (χ0v) is 10.7. The first-order valence-corrected chi connectivity index (χ1v) is 6.64. The number of carbonyl (C=O) groups is 1. The largest absolute Gasteiger partial charge is 0.397 e. The Hall–Kier alpha value is -1.20. The lowest BCUT2D eigenvalue weighted by Crippen LogP contribution is -2.16. The number of rotatable bonds is 6. The number of aliphatic hydroxyl groups excluding tert-OH is 1. The molecule has 0 spiro atoms. The summed E-state index contributed by atoms with van der Waals surface area (Å²) in [5.74, 6) is 1.11. The van der Waals surface area contributed by atoms with E-state index in [9.17, 15) is 4.79 Å². The maximum Gasteiger partial charge on any atom is 0.234 e. The van der Waals surface area contributed by atoms with Gasteiger partial charge in [-0.3, -0.25) is 4.79 Å². The lowest BCUT2D eigenvalue weighted by atomic mass is 10.1. The molecule has 0 fully saturated rings. The fraction of sp³-hybridized carbons (Fsp3) is 0.417. The van der Waals surface area contributed by atoms with Gasteiger partial charge in [0.1, 0.15) is 0 Å². The number of hydrogen-bond donors (Lipinski definition) is 3. The van der Waals surface area contributed by atoms with E-state index in [2.05, 4.69) is 5.32 Å². The van der Waals surface area contributed by atoms with Gasteiger partial charge in [0.2, 0.25) is 5.91 Å². The quantitative estimate of drug-likeness (QED) is 0.533. The molecule has 17 heavy (non-hydrogen) atoms. The number of amides is 1. The smallest absolute Gasteiger partial charge is 0.234 e. The highest BCUT2D eigenvalue weighted by atomic mass is 32.2. The van der Waals surface area contributed by atoms with E-state index in [1.165, 1.54) is 11.8 Å². The van der Waals surface area contributed by atoms with Crippen LogP contribution in [0.3, 0.4) is 0 Å². The normalized spacial score (nSPS) is 10.2. The Bertz CT molecular complexity index is 363. The van der Waals surface area contributed by atoms with Crippen molar-refractivity contribution in [3.8, 4) is 0 Å². The predicted octanol–water partition coefficient (Wildman–Crippen LogP) is 1.63. The van der Waals surface area contributed by atoms with Gasteiger partial charge in [0, 0.05) is 6.61 Å². The second kappa shape index (κ2) is 7.19. The summed E-state index contributed by atoms with van der Waals surface area (Å²) in [4.78, 5) is 11.6. The second-order valence-electron chi connectivity index (χ2n) is 3.72. The van der Waals surface area contributed by atoms with Crippen LogP contribution < -0.4 is 11.1 Å². The summed E-state index contributed by atoms with van der Waals surface area (Å²) in [7, 11) is 0. The van der Waals surface area contributed by atoms with Gasteiger partial charge in [-0.15, -0.1) is 0 Å². The molecule has 1 aromatic rings. The average Bonchev–Trinajstić information content (AvgIpc) is 2.30. The van der Waals surface area contributed by atoms with Gasteiger partial charge in [0.05, 0.1) is 17.1 Å². The first kappa shape index (κ1) is 13.9. The molecule has 0 aromatic heterocycles. The predicted molar refractivity (Wildman–Crippen MR) is 73.2 cm³/mol. The number of carbonyl (C=O) groups excluding carboxylic acids is 1. The minimum Gasteiger partial charge on any atom is -0.397 e. The Labute approximate surface area is 106 Å². The van der Waals surface area contributed by atoms with E-state index >= 15 is 0 Å². The average molecular weight is 254 g/mol. The summed E-state index contributed by atoms with van der Waals surface area (Å²) < 4.78 is 0. The second-order valence-corrected chi connectivity index (χ2v) is 4.82. The molecule has 1 rings (SSSR count). The summed E-state index contributed by atoms with van der Waals surface area (Å²) in [6.45, 7) is 2.07. The number of nitrogen functional groups attached to an aromatic ring is 1. The van der Waals surface area contributed by atoms with E-state index in [1.807, 2.05) is 19.1 Å². The third-order valence-electron chi connectivity index (χ3n) is 2.25. The van der Waals surface area contributed by atoms with Gasteiger partial charge in [0.25, 0.3) is 0 Å². The number of benzene rings is 1. The van der Waals surface area contributed by atoms with Crippen LogP contribution >= 0.6 is 11.8 Å². The van der Waals surface area contributed by atoms with Crippen LogP contribution in [0.2, 0.25) is 0 Å². The molecule has 0 bridgehead atoms. The van der Waals surface area contributed by atoms with E-state index < -0.39 is 0 Å². The van der Waals surface area contributed by atoms with E-state index in [-0.39, 0.29) is 12.5 Å². The van der Waals surface area contributed by atoms with Crippen LogP contribution in [-0.4, -0.2) is 29.1 Å². The topological polar surface area (TPSA) is 75.3 Å². The molecule has 0 heterocycles. The molecule has 0 aliphatic heterocycles. The number of thioether (sulfide) groups is 1. The molecule has 0 aliphatic carbocycles. The number of aliphatic hydroxyl groups is 1. The zero-order chi connectivity index (χ0) is 12.7. The molecule has 4 N–H and O–H groups in total. The SMILES string of the molecule is Cc1cccc(N)c1NC(=O)CSCCCO. The van der Waals surface area contributed by atoms with Crippen LogP contribution in [0.1, 0.15) is 12.0 Å². The minimum absolute atomic E-state index is 0.0612. The van der Waals surface area contributed by atoms with Crippen LogP contribution in [0, 0.1) is 6.92 Å². The van der Waals surface area contributed by atoms with Gasteiger partial charge in [0.15, 0.2) is 0 Å². The number of hydrogen-bond acceptors (Lipinski definition) is 4. The van der Waals surface area contributed by atoms with Gasteiger partial charge >= 0.3 is 0 Å². The maximum atomic E-state index is 11.6. The van der Waals surface area contributed by atoms with Gasteiger partial charge < -0.3 is 16.2 Å². The Morgan fingerprint density at radius 3 is 2.94 bits per heavy atom. The summed E-state index contributed by atoms with van der Waals surface area (Å²) in [5.41, 5.74) is 8.03. The monoisotopic (exact) mass is 254 g/mol. The molecule has 0 unspecified atom stereocenters. The molecular formula is C12H18N2O2S. The number of anilines is 2. The van der Waals surface area contributed by atoms with Crippen LogP contribution in [-0.2, 0) is 4.79 Å². The fourth-order valence-corrected chi connectivity index (χ4v) is 2.10. The number of aryl methyl sites for hydroxylation is 1. The highest BCUT2D eigenvalue weighted by molar-refractivity contribution is 7.99. The highest BCUT2D eigenvalue weighted by Crippen LogP contribution is 2.22. The maximum absolute atomic E-state index is 11.6. The van der Waals surface area contributed by atoms with Crippen molar-refractivity contribution in [1.82, 2.24) is 0 Å².